The molecule has 2 heteroatoms. The fraction of sp³-hybridized carbons (Fsp3) is 1.00. The smallest absolute Gasteiger partial charge is 0.0275 e. The molecule has 0 saturated heterocycles. The lowest BCUT2D eigenvalue weighted by Crippen LogP contribution is -2.48. The first-order chi connectivity index (χ1) is 6.20. The van der Waals surface area contributed by atoms with Crippen molar-refractivity contribution in [1.29, 1.82) is 0 Å². The van der Waals surface area contributed by atoms with Gasteiger partial charge in [0.05, 0.1) is 0 Å². The van der Waals surface area contributed by atoms with Crippen LogP contribution in [0.2, 0.25) is 0 Å². The fourth-order valence-corrected chi connectivity index (χ4v) is 1.80. The Bertz CT molecular complexity index is 143. The normalized spacial score (nSPS) is 21.5. The van der Waals surface area contributed by atoms with Crippen LogP contribution < -0.4 is 11.1 Å². The molecule has 0 bridgehead atoms. The highest BCUT2D eigenvalue weighted by molar-refractivity contribution is 4.84. The summed E-state index contributed by atoms with van der Waals surface area (Å²) in [6.45, 7) is 6.36. The summed E-state index contributed by atoms with van der Waals surface area (Å²) in [5, 5.41) is 3.59. The minimum absolute atomic E-state index is 0.184. The summed E-state index contributed by atoms with van der Waals surface area (Å²) < 4.78 is 0. The molecule has 0 aliphatic heterocycles. The molecule has 0 amide bonds. The summed E-state index contributed by atoms with van der Waals surface area (Å²) in [6, 6.07) is 0. The van der Waals surface area contributed by atoms with Crippen molar-refractivity contribution >= 4 is 0 Å². The van der Waals surface area contributed by atoms with Gasteiger partial charge in [-0.1, -0.05) is 26.2 Å². The van der Waals surface area contributed by atoms with Crippen LogP contribution in [0.1, 0.15) is 46.0 Å². The molecular formula is C11H24N2. The SMILES string of the molecule is CCCC(C)(CN)NCCC1CC1. The Morgan fingerprint density at radius 3 is 2.62 bits per heavy atom. The van der Waals surface area contributed by atoms with Gasteiger partial charge in [-0.05, 0) is 32.2 Å². The molecule has 0 aromatic rings. The van der Waals surface area contributed by atoms with Crippen molar-refractivity contribution in [3.8, 4) is 0 Å². The lowest BCUT2D eigenvalue weighted by atomic mass is 9.96. The molecule has 1 fully saturated rings. The lowest BCUT2D eigenvalue weighted by molar-refractivity contribution is 0.332. The van der Waals surface area contributed by atoms with E-state index in [0.717, 1.165) is 19.0 Å². The van der Waals surface area contributed by atoms with Crippen LogP contribution in [0.15, 0.2) is 0 Å². The average molecular weight is 184 g/mol. The average Bonchev–Trinajstić information content (AvgIpc) is 2.89. The number of rotatable bonds is 7. The third-order valence-electron chi connectivity index (χ3n) is 3.05. The van der Waals surface area contributed by atoms with E-state index in [1.807, 2.05) is 0 Å². The Balaban J connectivity index is 2.12. The molecule has 0 radical (unpaired) electrons. The van der Waals surface area contributed by atoms with E-state index in [2.05, 4.69) is 19.2 Å². The molecule has 0 heterocycles. The Hall–Kier alpha value is -0.0800. The Kier molecular flexibility index (Phi) is 4.20. The van der Waals surface area contributed by atoms with E-state index in [9.17, 15) is 0 Å². The van der Waals surface area contributed by atoms with E-state index < -0.39 is 0 Å². The fourth-order valence-electron chi connectivity index (χ4n) is 1.80. The minimum atomic E-state index is 0.184. The maximum atomic E-state index is 5.76. The number of hydrogen-bond acceptors (Lipinski definition) is 2. The first-order valence-corrected chi connectivity index (χ1v) is 5.65. The molecule has 1 atom stereocenters. The van der Waals surface area contributed by atoms with E-state index in [1.54, 1.807) is 0 Å². The second kappa shape index (κ2) is 4.97. The van der Waals surface area contributed by atoms with E-state index in [4.69, 9.17) is 5.73 Å². The first kappa shape index (κ1) is 11.0. The quantitative estimate of drug-likeness (QED) is 0.634. The van der Waals surface area contributed by atoms with Gasteiger partial charge in [-0.2, -0.15) is 0 Å². The number of nitrogens with one attached hydrogen (secondary N) is 1. The van der Waals surface area contributed by atoms with Crippen LogP contribution in [0.25, 0.3) is 0 Å². The minimum Gasteiger partial charge on any atom is -0.329 e. The zero-order chi connectivity index (χ0) is 9.73. The summed E-state index contributed by atoms with van der Waals surface area (Å²) >= 11 is 0. The molecule has 1 saturated carbocycles. The van der Waals surface area contributed by atoms with E-state index >= 15 is 0 Å². The van der Waals surface area contributed by atoms with Crippen LogP contribution in [0, 0.1) is 5.92 Å². The summed E-state index contributed by atoms with van der Waals surface area (Å²) in [6.07, 6.45) is 6.65. The van der Waals surface area contributed by atoms with Gasteiger partial charge in [-0.3, -0.25) is 0 Å². The molecule has 13 heavy (non-hydrogen) atoms. The van der Waals surface area contributed by atoms with Crippen molar-refractivity contribution in [3.63, 3.8) is 0 Å². The zero-order valence-corrected chi connectivity index (χ0v) is 9.10. The number of nitrogens with two attached hydrogens (primary N) is 1. The molecule has 2 nitrogen and oxygen atoms in total. The highest BCUT2D eigenvalue weighted by Gasteiger charge is 2.24. The van der Waals surface area contributed by atoms with Gasteiger partial charge < -0.3 is 11.1 Å². The van der Waals surface area contributed by atoms with Crippen molar-refractivity contribution in [1.82, 2.24) is 5.32 Å². The monoisotopic (exact) mass is 184 g/mol. The van der Waals surface area contributed by atoms with Crippen molar-refractivity contribution < 1.29 is 0 Å². The van der Waals surface area contributed by atoms with E-state index in [0.29, 0.717) is 0 Å². The number of hydrogen-bond donors (Lipinski definition) is 2. The van der Waals surface area contributed by atoms with Gasteiger partial charge in [0.2, 0.25) is 0 Å². The third kappa shape index (κ3) is 4.10. The van der Waals surface area contributed by atoms with Gasteiger partial charge in [-0.15, -0.1) is 0 Å². The largest absolute Gasteiger partial charge is 0.329 e. The topological polar surface area (TPSA) is 38.0 Å². The van der Waals surface area contributed by atoms with Crippen LogP contribution in [0.5, 0.6) is 0 Å². The van der Waals surface area contributed by atoms with E-state index in [1.165, 1.54) is 32.1 Å². The van der Waals surface area contributed by atoms with Crippen LogP contribution in [0.3, 0.4) is 0 Å². The maximum absolute atomic E-state index is 5.76. The van der Waals surface area contributed by atoms with Crippen molar-refractivity contribution in [2.24, 2.45) is 11.7 Å². The molecule has 0 spiro atoms. The summed E-state index contributed by atoms with van der Waals surface area (Å²) in [4.78, 5) is 0. The van der Waals surface area contributed by atoms with Gasteiger partial charge in [0, 0.05) is 12.1 Å². The molecule has 1 unspecified atom stereocenters. The molecule has 3 N–H and O–H groups in total. The van der Waals surface area contributed by atoms with Gasteiger partial charge >= 0.3 is 0 Å². The Morgan fingerprint density at radius 1 is 1.46 bits per heavy atom. The van der Waals surface area contributed by atoms with E-state index in [-0.39, 0.29) is 5.54 Å². The van der Waals surface area contributed by atoms with Crippen molar-refractivity contribution in [2.45, 2.75) is 51.5 Å². The molecule has 0 aromatic carbocycles. The van der Waals surface area contributed by atoms with Crippen LogP contribution in [-0.2, 0) is 0 Å². The Morgan fingerprint density at radius 2 is 2.15 bits per heavy atom. The molecule has 0 aromatic heterocycles. The highest BCUT2D eigenvalue weighted by Crippen LogP contribution is 2.31. The lowest BCUT2D eigenvalue weighted by Gasteiger charge is -2.29. The molecule has 1 aliphatic rings. The van der Waals surface area contributed by atoms with Crippen LogP contribution in [0.4, 0.5) is 0 Å². The molecular weight excluding hydrogens is 160 g/mol. The van der Waals surface area contributed by atoms with Crippen molar-refractivity contribution in [3.05, 3.63) is 0 Å². The van der Waals surface area contributed by atoms with Crippen LogP contribution in [-0.4, -0.2) is 18.6 Å². The third-order valence-corrected chi connectivity index (χ3v) is 3.05. The van der Waals surface area contributed by atoms with Gasteiger partial charge in [0.15, 0.2) is 0 Å². The summed E-state index contributed by atoms with van der Waals surface area (Å²) in [7, 11) is 0. The predicted molar refractivity (Wildman–Crippen MR) is 57.7 cm³/mol. The Labute approximate surface area is 82.3 Å². The highest BCUT2D eigenvalue weighted by atomic mass is 15.0. The molecule has 1 rings (SSSR count). The van der Waals surface area contributed by atoms with Gasteiger partial charge in [-0.25, -0.2) is 0 Å². The second-order valence-corrected chi connectivity index (χ2v) is 4.67. The van der Waals surface area contributed by atoms with Gasteiger partial charge in [0.25, 0.3) is 0 Å². The summed E-state index contributed by atoms with van der Waals surface area (Å²) in [5.74, 6) is 1.02. The standard InChI is InChI=1S/C11H24N2/c1-3-7-11(2,9-12)13-8-6-10-4-5-10/h10,13H,3-9,12H2,1-2H3. The maximum Gasteiger partial charge on any atom is 0.0275 e. The van der Waals surface area contributed by atoms with Crippen LogP contribution >= 0.6 is 0 Å². The second-order valence-electron chi connectivity index (χ2n) is 4.67. The first-order valence-electron chi connectivity index (χ1n) is 5.65. The molecule has 78 valence electrons. The molecule has 1 aliphatic carbocycles. The van der Waals surface area contributed by atoms with Crippen molar-refractivity contribution in [2.75, 3.05) is 13.1 Å². The zero-order valence-electron chi connectivity index (χ0n) is 9.10. The summed E-state index contributed by atoms with van der Waals surface area (Å²) in [5.41, 5.74) is 5.95. The van der Waals surface area contributed by atoms with Gasteiger partial charge in [0.1, 0.15) is 0 Å². The predicted octanol–water partition coefficient (Wildman–Crippen LogP) is 1.89.